The molecule has 0 spiro atoms. The SMILES string of the molecule is O=C(O)C1C[C@@H](O)CN1C(=O)OCC1c2ccccc2-c2ccccc21. The first-order chi connectivity index (χ1) is 12.6. The second-order valence-corrected chi connectivity index (χ2v) is 6.70. The highest BCUT2D eigenvalue weighted by Crippen LogP contribution is 2.44. The van der Waals surface area contributed by atoms with Crippen LogP contribution in [0.5, 0.6) is 0 Å². The first kappa shape index (κ1) is 16.6. The fraction of sp³-hybridized carbons (Fsp3) is 0.300. The molecule has 1 aliphatic carbocycles. The largest absolute Gasteiger partial charge is 0.480 e. The maximum atomic E-state index is 12.4. The Hall–Kier alpha value is -2.86. The Labute approximate surface area is 150 Å². The number of rotatable bonds is 3. The van der Waals surface area contributed by atoms with Crippen LogP contribution in [-0.2, 0) is 9.53 Å². The number of aliphatic hydroxyl groups excluding tert-OH is 1. The number of β-amino-alcohol motifs (C(OH)–C–C–N with tert-alkyl or cyclic N) is 1. The average molecular weight is 353 g/mol. The fourth-order valence-corrected chi connectivity index (χ4v) is 3.93. The summed E-state index contributed by atoms with van der Waals surface area (Å²) in [5, 5.41) is 18.9. The van der Waals surface area contributed by atoms with Crippen molar-refractivity contribution in [1.29, 1.82) is 0 Å². The van der Waals surface area contributed by atoms with Gasteiger partial charge in [0.25, 0.3) is 0 Å². The lowest BCUT2D eigenvalue weighted by Crippen LogP contribution is -2.41. The van der Waals surface area contributed by atoms with E-state index in [1.165, 1.54) is 0 Å². The van der Waals surface area contributed by atoms with Crippen LogP contribution >= 0.6 is 0 Å². The highest BCUT2D eigenvalue weighted by atomic mass is 16.6. The molecule has 6 heteroatoms. The predicted octanol–water partition coefficient (Wildman–Crippen LogP) is 2.46. The molecule has 0 aromatic heterocycles. The number of amides is 1. The zero-order valence-corrected chi connectivity index (χ0v) is 14.0. The highest BCUT2D eigenvalue weighted by molar-refractivity contribution is 5.81. The third kappa shape index (κ3) is 2.72. The molecule has 26 heavy (non-hydrogen) atoms. The van der Waals surface area contributed by atoms with Crippen molar-refractivity contribution in [3.05, 3.63) is 59.7 Å². The minimum atomic E-state index is -1.13. The van der Waals surface area contributed by atoms with Gasteiger partial charge in [-0.3, -0.25) is 4.90 Å². The molecule has 2 atom stereocenters. The van der Waals surface area contributed by atoms with Crippen molar-refractivity contribution in [3.8, 4) is 11.1 Å². The van der Waals surface area contributed by atoms with Gasteiger partial charge < -0.3 is 14.9 Å². The van der Waals surface area contributed by atoms with E-state index >= 15 is 0 Å². The second kappa shape index (κ2) is 6.46. The molecule has 0 saturated carbocycles. The minimum Gasteiger partial charge on any atom is -0.480 e. The molecule has 6 nitrogen and oxygen atoms in total. The van der Waals surface area contributed by atoms with Crippen molar-refractivity contribution in [1.82, 2.24) is 4.90 Å². The molecule has 2 aromatic carbocycles. The molecule has 2 N–H and O–H groups in total. The fourth-order valence-electron chi connectivity index (χ4n) is 3.93. The van der Waals surface area contributed by atoms with Crippen LogP contribution in [0.1, 0.15) is 23.5 Å². The molecular weight excluding hydrogens is 334 g/mol. The van der Waals surface area contributed by atoms with Crippen LogP contribution in [0.25, 0.3) is 11.1 Å². The normalized spacial score (nSPS) is 21.3. The van der Waals surface area contributed by atoms with Crippen LogP contribution < -0.4 is 0 Å². The number of likely N-dealkylation sites (tertiary alicyclic amines) is 1. The van der Waals surface area contributed by atoms with Crippen LogP contribution in [0.2, 0.25) is 0 Å². The van der Waals surface area contributed by atoms with E-state index in [4.69, 9.17) is 4.74 Å². The Morgan fingerprint density at radius 2 is 1.62 bits per heavy atom. The van der Waals surface area contributed by atoms with Crippen LogP contribution in [0.3, 0.4) is 0 Å². The van der Waals surface area contributed by atoms with Gasteiger partial charge in [-0.25, -0.2) is 9.59 Å². The molecule has 1 saturated heterocycles. The Bertz CT molecular complexity index is 819. The van der Waals surface area contributed by atoms with E-state index in [-0.39, 0.29) is 25.5 Å². The molecule has 1 heterocycles. The number of carbonyl (C=O) groups excluding carboxylic acids is 1. The standard InChI is InChI=1S/C20H19NO5/c22-12-9-18(19(23)24)21(10-12)20(25)26-11-17-15-7-3-1-5-13(15)14-6-2-4-8-16(14)17/h1-8,12,17-18,22H,9-11H2,(H,23,24)/t12-,18?/m1/s1. The quantitative estimate of drug-likeness (QED) is 0.885. The van der Waals surface area contributed by atoms with Gasteiger partial charge in [0.15, 0.2) is 0 Å². The number of aliphatic hydroxyl groups is 1. The van der Waals surface area contributed by atoms with Crippen molar-refractivity contribution in [2.75, 3.05) is 13.2 Å². The number of carboxylic acid groups (broad SMARTS) is 1. The van der Waals surface area contributed by atoms with Crippen LogP contribution in [-0.4, -0.2) is 52.5 Å². The number of carbonyl (C=O) groups is 2. The van der Waals surface area contributed by atoms with Crippen molar-refractivity contribution in [2.45, 2.75) is 24.5 Å². The van der Waals surface area contributed by atoms with Gasteiger partial charge >= 0.3 is 12.1 Å². The molecule has 0 bridgehead atoms. The lowest BCUT2D eigenvalue weighted by atomic mass is 9.98. The first-order valence-corrected chi connectivity index (χ1v) is 8.58. The van der Waals surface area contributed by atoms with Crippen molar-refractivity contribution >= 4 is 12.1 Å². The smallest absolute Gasteiger partial charge is 0.410 e. The third-order valence-electron chi connectivity index (χ3n) is 5.13. The number of benzene rings is 2. The summed E-state index contributed by atoms with van der Waals surface area (Å²) < 4.78 is 5.46. The Morgan fingerprint density at radius 3 is 2.19 bits per heavy atom. The molecule has 2 aromatic rings. The van der Waals surface area contributed by atoms with Crippen molar-refractivity contribution in [2.24, 2.45) is 0 Å². The Kier molecular flexibility index (Phi) is 4.12. The summed E-state index contributed by atoms with van der Waals surface area (Å²) in [6.45, 7) is 0.111. The zero-order chi connectivity index (χ0) is 18.3. The minimum absolute atomic E-state index is 0.0202. The molecule has 2 aliphatic rings. The van der Waals surface area contributed by atoms with Crippen LogP contribution in [0.15, 0.2) is 48.5 Å². The third-order valence-corrected chi connectivity index (χ3v) is 5.13. The van der Waals surface area contributed by atoms with Gasteiger partial charge in [0.05, 0.1) is 12.6 Å². The summed E-state index contributed by atoms with van der Waals surface area (Å²) in [5.74, 6) is -1.21. The van der Waals surface area contributed by atoms with E-state index in [9.17, 15) is 19.8 Å². The summed E-state index contributed by atoms with van der Waals surface area (Å²) in [6, 6.07) is 15.0. The summed E-state index contributed by atoms with van der Waals surface area (Å²) in [5.41, 5.74) is 4.45. The van der Waals surface area contributed by atoms with Gasteiger partial charge in [0, 0.05) is 12.3 Å². The zero-order valence-electron chi connectivity index (χ0n) is 14.0. The van der Waals surface area contributed by atoms with E-state index in [0.717, 1.165) is 27.2 Å². The second-order valence-electron chi connectivity index (χ2n) is 6.70. The topological polar surface area (TPSA) is 87.1 Å². The molecule has 4 rings (SSSR count). The molecule has 1 amide bonds. The summed E-state index contributed by atoms with van der Waals surface area (Å²) >= 11 is 0. The van der Waals surface area contributed by atoms with E-state index in [2.05, 4.69) is 0 Å². The number of carboxylic acids is 1. The van der Waals surface area contributed by atoms with Gasteiger partial charge in [-0.2, -0.15) is 0 Å². The van der Waals surface area contributed by atoms with Gasteiger partial charge in [-0.05, 0) is 22.3 Å². The number of hydrogen-bond acceptors (Lipinski definition) is 4. The van der Waals surface area contributed by atoms with Crippen molar-refractivity contribution in [3.63, 3.8) is 0 Å². The van der Waals surface area contributed by atoms with E-state index in [0.29, 0.717) is 0 Å². The molecule has 134 valence electrons. The predicted molar refractivity (Wildman–Crippen MR) is 93.8 cm³/mol. The maximum absolute atomic E-state index is 12.4. The van der Waals surface area contributed by atoms with Gasteiger partial charge in [-0.1, -0.05) is 48.5 Å². The van der Waals surface area contributed by atoms with E-state index in [1.54, 1.807) is 0 Å². The van der Waals surface area contributed by atoms with Gasteiger partial charge in [-0.15, -0.1) is 0 Å². The monoisotopic (exact) mass is 353 g/mol. The van der Waals surface area contributed by atoms with Crippen LogP contribution in [0.4, 0.5) is 4.79 Å². The summed E-state index contributed by atoms with van der Waals surface area (Å²) in [7, 11) is 0. The number of ether oxygens (including phenoxy) is 1. The molecule has 0 radical (unpaired) electrons. The van der Waals surface area contributed by atoms with Gasteiger partial charge in [0.1, 0.15) is 12.6 Å². The molecular formula is C20H19NO5. The van der Waals surface area contributed by atoms with E-state index in [1.807, 2.05) is 48.5 Å². The lowest BCUT2D eigenvalue weighted by molar-refractivity contribution is -0.141. The van der Waals surface area contributed by atoms with Crippen LogP contribution in [0, 0.1) is 0 Å². The number of nitrogens with zero attached hydrogens (tertiary/aromatic N) is 1. The average Bonchev–Trinajstić information content (AvgIpc) is 3.18. The number of hydrogen-bond donors (Lipinski definition) is 2. The molecule has 1 aliphatic heterocycles. The highest BCUT2D eigenvalue weighted by Gasteiger charge is 2.40. The van der Waals surface area contributed by atoms with E-state index < -0.39 is 24.2 Å². The van der Waals surface area contributed by atoms with Crippen molar-refractivity contribution < 1.29 is 24.5 Å². The molecule has 1 fully saturated rings. The molecule has 1 unspecified atom stereocenters. The summed E-state index contributed by atoms with van der Waals surface area (Å²) in [4.78, 5) is 24.8. The Balaban J connectivity index is 1.53. The number of fused-ring (bicyclic) bond motifs is 3. The lowest BCUT2D eigenvalue weighted by Gasteiger charge is -2.22. The summed E-state index contributed by atoms with van der Waals surface area (Å²) in [6.07, 6.45) is -1.51. The maximum Gasteiger partial charge on any atom is 0.410 e. The Morgan fingerprint density at radius 1 is 1.04 bits per heavy atom. The van der Waals surface area contributed by atoms with Gasteiger partial charge in [0.2, 0.25) is 0 Å². The number of aliphatic carboxylic acids is 1. The first-order valence-electron chi connectivity index (χ1n) is 8.58.